The molecule has 0 saturated heterocycles. The number of amides is 1. The highest BCUT2D eigenvalue weighted by Gasteiger charge is 2.04. The predicted molar refractivity (Wildman–Crippen MR) is 84.4 cm³/mol. The highest BCUT2D eigenvalue weighted by molar-refractivity contribution is 14.1. The van der Waals surface area contributed by atoms with Crippen LogP contribution in [-0.2, 0) is 4.79 Å². The molecular formula is C15H11IN2O2. The molecule has 2 aromatic carbocycles. The number of anilines is 1. The Labute approximate surface area is 130 Å². The van der Waals surface area contributed by atoms with Crippen molar-refractivity contribution in [2.75, 3.05) is 11.9 Å². The molecule has 0 aliphatic heterocycles. The van der Waals surface area contributed by atoms with Crippen LogP contribution in [0.1, 0.15) is 5.56 Å². The van der Waals surface area contributed by atoms with Crippen LogP contribution in [0.15, 0.2) is 48.5 Å². The van der Waals surface area contributed by atoms with Gasteiger partial charge < -0.3 is 10.1 Å². The number of ether oxygens (including phenoxy) is 1. The van der Waals surface area contributed by atoms with Gasteiger partial charge in [-0.1, -0.05) is 6.07 Å². The first kappa shape index (κ1) is 14.3. The van der Waals surface area contributed by atoms with Gasteiger partial charge in [0.1, 0.15) is 5.75 Å². The Balaban J connectivity index is 1.87. The Morgan fingerprint density at radius 1 is 1.25 bits per heavy atom. The molecule has 100 valence electrons. The van der Waals surface area contributed by atoms with Crippen LogP contribution in [0.2, 0.25) is 0 Å². The quantitative estimate of drug-likeness (QED) is 0.832. The minimum absolute atomic E-state index is 0.0721. The first-order valence-electron chi connectivity index (χ1n) is 5.86. The van der Waals surface area contributed by atoms with E-state index >= 15 is 0 Å². The van der Waals surface area contributed by atoms with Crippen LogP contribution in [-0.4, -0.2) is 12.5 Å². The SMILES string of the molecule is N#Cc1ccc(OCC(=O)Nc2cccc(I)c2)cc1. The largest absolute Gasteiger partial charge is 0.484 e. The van der Waals surface area contributed by atoms with Gasteiger partial charge in [-0.05, 0) is 65.1 Å². The van der Waals surface area contributed by atoms with E-state index in [2.05, 4.69) is 27.9 Å². The second kappa shape index (κ2) is 6.91. The van der Waals surface area contributed by atoms with Gasteiger partial charge in [0, 0.05) is 9.26 Å². The van der Waals surface area contributed by atoms with Gasteiger partial charge in [0.05, 0.1) is 11.6 Å². The number of hydrogen-bond donors (Lipinski definition) is 1. The standard InChI is InChI=1S/C15H11IN2O2/c16-12-2-1-3-13(8-12)18-15(19)10-20-14-6-4-11(9-17)5-7-14/h1-8H,10H2,(H,18,19). The van der Waals surface area contributed by atoms with E-state index in [4.69, 9.17) is 10.00 Å². The van der Waals surface area contributed by atoms with Crippen LogP contribution in [0.3, 0.4) is 0 Å². The number of hydrogen-bond acceptors (Lipinski definition) is 3. The molecule has 0 radical (unpaired) electrons. The van der Waals surface area contributed by atoms with E-state index in [1.807, 2.05) is 30.3 Å². The van der Waals surface area contributed by atoms with Crippen LogP contribution in [0.5, 0.6) is 5.75 Å². The van der Waals surface area contributed by atoms with Crippen LogP contribution < -0.4 is 10.1 Å². The molecule has 1 N–H and O–H groups in total. The van der Waals surface area contributed by atoms with Crippen LogP contribution in [0.25, 0.3) is 0 Å². The van der Waals surface area contributed by atoms with E-state index in [9.17, 15) is 4.79 Å². The van der Waals surface area contributed by atoms with Crippen molar-refractivity contribution in [1.82, 2.24) is 0 Å². The number of rotatable bonds is 4. The normalized spacial score (nSPS) is 9.60. The molecule has 0 atom stereocenters. The van der Waals surface area contributed by atoms with Crippen molar-refractivity contribution in [1.29, 1.82) is 5.26 Å². The van der Waals surface area contributed by atoms with Crippen LogP contribution in [0.4, 0.5) is 5.69 Å². The lowest BCUT2D eigenvalue weighted by Crippen LogP contribution is -2.20. The number of carbonyl (C=O) groups excluding carboxylic acids is 1. The first-order chi connectivity index (χ1) is 9.67. The Kier molecular flexibility index (Phi) is 4.96. The summed E-state index contributed by atoms with van der Waals surface area (Å²) >= 11 is 2.18. The first-order valence-corrected chi connectivity index (χ1v) is 6.93. The second-order valence-corrected chi connectivity index (χ2v) is 5.23. The molecule has 20 heavy (non-hydrogen) atoms. The van der Waals surface area contributed by atoms with Gasteiger partial charge in [0.25, 0.3) is 5.91 Å². The highest BCUT2D eigenvalue weighted by Crippen LogP contribution is 2.13. The maximum absolute atomic E-state index is 11.7. The van der Waals surface area contributed by atoms with Crippen molar-refractivity contribution in [2.24, 2.45) is 0 Å². The zero-order valence-corrected chi connectivity index (χ0v) is 12.6. The summed E-state index contributed by atoms with van der Waals surface area (Å²) in [4.78, 5) is 11.7. The van der Waals surface area contributed by atoms with Gasteiger partial charge in [0.15, 0.2) is 6.61 Å². The summed E-state index contributed by atoms with van der Waals surface area (Å²) in [5, 5.41) is 11.4. The van der Waals surface area contributed by atoms with Crippen LogP contribution >= 0.6 is 22.6 Å². The number of nitrogens with zero attached hydrogens (tertiary/aromatic N) is 1. The Morgan fingerprint density at radius 2 is 2.00 bits per heavy atom. The molecule has 0 aliphatic rings. The average molecular weight is 378 g/mol. The van der Waals surface area contributed by atoms with Gasteiger partial charge in [-0.2, -0.15) is 5.26 Å². The summed E-state index contributed by atoms with van der Waals surface area (Å²) in [5.74, 6) is 0.332. The summed E-state index contributed by atoms with van der Waals surface area (Å²) in [6.45, 7) is -0.0721. The molecule has 0 saturated carbocycles. The maximum Gasteiger partial charge on any atom is 0.262 e. The van der Waals surface area contributed by atoms with Gasteiger partial charge >= 0.3 is 0 Å². The highest BCUT2D eigenvalue weighted by atomic mass is 127. The fraction of sp³-hybridized carbons (Fsp3) is 0.0667. The summed E-state index contributed by atoms with van der Waals surface area (Å²) in [5.41, 5.74) is 1.30. The molecule has 4 nitrogen and oxygen atoms in total. The number of nitrogens with one attached hydrogen (secondary N) is 1. The number of carbonyl (C=O) groups is 1. The van der Waals surface area contributed by atoms with Gasteiger partial charge in [-0.15, -0.1) is 0 Å². The molecule has 0 bridgehead atoms. The van der Waals surface area contributed by atoms with E-state index in [-0.39, 0.29) is 12.5 Å². The van der Waals surface area contributed by atoms with E-state index < -0.39 is 0 Å². The van der Waals surface area contributed by atoms with E-state index in [0.29, 0.717) is 11.3 Å². The predicted octanol–water partition coefficient (Wildman–Crippen LogP) is 3.18. The third-order valence-corrected chi connectivity index (χ3v) is 3.13. The van der Waals surface area contributed by atoms with Gasteiger partial charge in [-0.3, -0.25) is 4.79 Å². The molecule has 0 unspecified atom stereocenters. The molecule has 0 aromatic heterocycles. The number of benzene rings is 2. The fourth-order valence-electron chi connectivity index (χ4n) is 1.54. The second-order valence-electron chi connectivity index (χ2n) is 3.98. The van der Waals surface area contributed by atoms with Crippen molar-refractivity contribution < 1.29 is 9.53 Å². The maximum atomic E-state index is 11.7. The Bertz CT molecular complexity index is 648. The van der Waals surface area contributed by atoms with Gasteiger partial charge in [0.2, 0.25) is 0 Å². The van der Waals surface area contributed by atoms with E-state index in [1.54, 1.807) is 24.3 Å². The third kappa shape index (κ3) is 4.24. The summed E-state index contributed by atoms with van der Waals surface area (Å²) in [6, 6.07) is 16.2. The summed E-state index contributed by atoms with van der Waals surface area (Å²) < 4.78 is 6.40. The lowest BCUT2D eigenvalue weighted by atomic mass is 10.2. The minimum atomic E-state index is -0.226. The van der Waals surface area contributed by atoms with Crippen molar-refractivity contribution in [3.8, 4) is 11.8 Å². The van der Waals surface area contributed by atoms with Crippen molar-refractivity contribution in [2.45, 2.75) is 0 Å². The summed E-state index contributed by atoms with van der Waals surface area (Å²) in [7, 11) is 0. The molecule has 5 heteroatoms. The smallest absolute Gasteiger partial charge is 0.262 e. The molecule has 0 aliphatic carbocycles. The summed E-state index contributed by atoms with van der Waals surface area (Å²) in [6.07, 6.45) is 0. The fourth-order valence-corrected chi connectivity index (χ4v) is 2.08. The number of halogens is 1. The van der Waals surface area contributed by atoms with Crippen molar-refractivity contribution >= 4 is 34.2 Å². The van der Waals surface area contributed by atoms with Crippen LogP contribution in [0, 0.1) is 14.9 Å². The molecule has 0 heterocycles. The zero-order chi connectivity index (χ0) is 14.4. The lowest BCUT2D eigenvalue weighted by Gasteiger charge is -2.07. The molecule has 2 rings (SSSR count). The molecule has 2 aromatic rings. The molecule has 0 spiro atoms. The monoisotopic (exact) mass is 378 g/mol. The minimum Gasteiger partial charge on any atom is -0.484 e. The topological polar surface area (TPSA) is 62.1 Å². The van der Waals surface area contributed by atoms with Crippen molar-refractivity contribution in [3.63, 3.8) is 0 Å². The van der Waals surface area contributed by atoms with E-state index in [1.165, 1.54) is 0 Å². The lowest BCUT2D eigenvalue weighted by molar-refractivity contribution is -0.118. The van der Waals surface area contributed by atoms with E-state index in [0.717, 1.165) is 9.26 Å². The Morgan fingerprint density at radius 3 is 2.65 bits per heavy atom. The zero-order valence-electron chi connectivity index (χ0n) is 10.5. The number of nitriles is 1. The molecular weight excluding hydrogens is 367 g/mol. The molecule has 1 amide bonds. The van der Waals surface area contributed by atoms with Crippen molar-refractivity contribution in [3.05, 3.63) is 57.7 Å². The Hall–Kier alpha value is -2.07. The average Bonchev–Trinajstić information content (AvgIpc) is 2.46. The third-order valence-electron chi connectivity index (χ3n) is 2.46. The molecule has 0 fully saturated rings. The van der Waals surface area contributed by atoms with Gasteiger partial charge in [-0.25, -0.2) is 0 Å².